The molecule has 0 aliphatic heterocycles. The van der Waals surface area contributed by atoms with Gasteiger partial charge in [-0.15, -0.1) is 0 Å². The molecule has 0 heterocycles. The predicted octanol–water partition coefficient (Wildman–Crippen LogP) is 1.15. The van der Waals surface area contributed by atoms with Gasteiger partial charge in [0.2, 0.25) is 0 Å². The summed E-state index contributed by atoms with van der Waals surface area (Å²) >= 11 is 3.33. The van der Waals surface area contributed by atoms with Gasteiger partial charge in [0.15, 0.2) is 0 Å². The van der Waals surface area contributed by atoms with Gasteiger partial charge in [-0.25, -0.2) is 9.35 Å². The Kier molecular flexibility index (Phi) is 5.35. The maximum absolute atomic E-state index is 11.0. The van der Waals surface area contributed by atoms with Crippen molar-refractivity contribution in [1.82, 2.24) is 5.32 Å². The van der Waals surface area contributed by atoms with Crippen LogP contribution in [0.15, 0.2) is 27.6 Å². The van der Waals surface area contributed by atoms with Gasteiger partial charge in [0.05, 0.1) is 4.90 Å². The van der Waals surface area contributed by atoms with E-state index in [4.69, 9.17) is 5.14 Å². The van der Waals surface area contributed by atoms with Crippen LogP contribution >= 0.6 is 15.9 Å². The molecule has 16 heavy (non-hydrogen) atoms. The van der Waals surface area contributed by atoms with Crippen LogP contribution in [0.5, 0.6) is 0 Å². The number of hydrogen-bond acceptors (Lipinski definition) is 2. The van der Waals surface area contributed by atoms with Crippen LogP contribution in [0.3, 0.4) is 0 Å². The van der Waals surface area contributed by atoms with Crippen molar-refractivity contribution in [3.63, 3.8) is 0 Å². The van der Waals surface area contributed by atoms with Gasteiger partial charge in [-0.05, 0) is 24.6 Å². The third kappa shape index (κ3) is 3.15. The van der Waals surface area contributed by atoms with Crippen molar-refractivity contribution in [3.8, 4) is 0 Å². The average Bonchev–Trinajstić information content (AvgIpc) is 2.17. The Labute approximate surface area is 99.0 Å². The Balaban J connectivity index is 0.00000225. The third-order valence-corrected chi connectivity index (χ3v) is 3.35. The second kappa shape index (κ2) is 5.99. The average molecular weight is 547 g/mol. The van der Waals surface area contributed by atoms with Crippen LogP contribution in [0, 0.1) is 0 Å². The molecule has 1 rings (SSSR count). The molecule has 94 valence electrons. The predicted molar refractivity (Wildman–Crippen MR) is 62.0 cm³/mol. The largest absolute Gasteiger partial charge is 0.524 e. The monoisotopic (exact) mass is 546 g/mol. The van der Waals surface area contributed by atoms with Gasteiger partial charge >= 0.3 is 0 Å². The van der Waals surface area contributed by atoms with Crippen molar-refractivity contribution in [2.45, 2.75) is 17.9 Å². The van der Waals surface area contributed by atoms with Crippen LogP contribution < -0.4 is 10.5 Å². The summed E-state index contributed by atoms with van der Waals surface area (Å²) in [6.45, 7) is 1.82. The van der Waals surface area contributed by atoms with E-state index in [9.17, 15) is 9.00 Å². The SMILES string of the molecule is C[C@@H](N[C-]=O)c1ccc(S(N)=O)cc1Br.[Fm]. The molecule has 1 aromatic carbocycles. The molecule has 0 aromatic heterocycles. The number of amides is 1. The number of nitrogens with one attached hydrogen (secondary N) is 1. The molecule has 4 nitrogen and oxygen atoms in total. The van der Waals surface area contributed by atoms with E-state index < -0.39 is 11.0 Å². The van der Waals surface area contributed by atoms with Gasteiger partial charge in [0, 0.05) is 10.5 Å². The standard InChI is InChI=1S/C9H10BrN2O2S.Fm/c1-6(12-5-13)8-3-2-7(15(11)14)4-9(8)10;/h2-4,6H,11H2,1H3,(H,12,13);/q-1;/t6-,15?;/m1./s1. The first-order valence-corrected chi connectivity index (χ1v) is 6.15. The zero-order valence-electron chi connectivity index (χ0n) is 8.28. The van der Waals surface area contributed by atoms with Gasteiger partial charge in [-0.3, -0.25) is 0 Å². The van der Waals surface area contributed by atoms with Crippen LogP contribution in [0.25, 0.3) is 0 Å². The van der Waals surface area contributed by atoms with Crippen molar-refractivity contribution >= 4 is 33.3 Å². The van der Waals surface area contributed by atoms with E-state index in [0.717, 1.165) is 10.0 Å². The second-order valence-electron chi connectivity index (χ2n) is 2.95. The first-order valence-electron chi connectivity index (χ1n) is 4.14. The van der Waals surface area contributed by atoms with E-state index in [2.05, 4.69) is 21.2 Å². The Morgan fingerprint density at radius 3 is 2.62 bits per heavy atom. The fraction of sp³-hybridized carbons (Fsp3) is 0.222. The van der Waals surface area contributed by atoms with Gasteiger partial charge in [-0.1, -0.05) is 22.0 Å². The number of benzene rings is 1. The first kappa shape index (κ1) is 14.3. The van der Waals surface area contributed by atoms with Crippen molar-refractivity contribution in [2.24, 2.45) is 5.14 Å². The molecule has 0 spiro atoms. The number of halogens is 1. The van der Waals surface area contributed by atoms with Crippen LogP contribution in [0.1, 0.15) is 18.5 Å². The normalized spacial score (nSPS) is 13.4. The minimum absolute atomic E-state index is 0. The maximum Gasteiger partial charge on any atom is 0.122 e. The van der Waals surface area contributed by atoms with E-state index in [1.807, 2.05) is 6.92 Å². The molecule has 1 aromatic rings. The van der Waals surface area contributed by atoms with Crippen molar-refractivity contribution < 1.29 is 9.00 Å². The summed E-state index contributed by atoms with van der Waals surface area (Å²) in [6.07, 6.45) is 1.63. The van der Waals surface area contributed by atoms with Crippen molar-refractivity contribution in [3.05, 3.63) is 28.2 Å². The summed E-state index contributed by atoms with van der Waals surface area (Å²) in [6, 6.07) is 4.95. The van der Waals surface area contributed by atoms with Gasteiger partial charge < -0.3 is 10.1 Å². The molecule has 3 N–H and O–H groups in total. The summed E-state index contributed by atoms with van der Waals surface area (Å²) in [7, 11) is -1.49. The van der Waals surface area contributed by atoms with E-state index >= 15 is 0 Å². The molecule has 7 heteroatoms. The smallest absolute Gasteiger partial charge is 0.122 e. The topological polar surface area (TPSA) is 72.2 Å². The van der Waals surface area contributed by atoms with E-state index in [-0.39, 0.29) is 6.04 Å². The van der Waals surface area contributed by atoms with E-state index in [0.29, 0.717) is 4.90 Å². The molecule has 2 atom stereocenters. The second-order valence-corrected chi connectivity index (χ2v) is 4.87. The molecule has 0 bridgehead atoms. The molecule has 0 saturated carbocycles. The summed E-state index contributed by atoms with van der Waals surface area (Å²) in [5.41, 5.74) is 0.882. The minimum atomic E-state index is -1.49. The molecule has 0 fully saturated rings. The van der Waals surface area contributed by atoms with Crippen LogP contribution in [0.4, 0.5) is 0 Å². The van der Waals surface area contributed by atoms with Gasteiger partial charge in [0.1, 0.15) is 11.0 Å². The molecule has 1 unspecified atom stereocenters. The van der Waals surface area contributed by atoms with Crippen molar-refractivity contribution in [2.75, 3.05) is 0 Å². The summed E-state index contributed by atoms with van der Waals surface area (Å²) in [4.78, 5) is 10.7. The maximum atomic E-state index is 11.0. The molecule has 0 aliphatic carbocycles. The number of nitrogens with two attached hydrogens (primary N) is 1. The minimum Gasteiger partial charge on any atom is -0.524 e. The quantitative estimate of drug-likeness (QED) is 0.439. The summed E-state index contributed by atoms with van der Waals surface area (Å²) in [5, 5.41) is 7.75. The molecule has 0 saturated heterocycles. The number of rotatable bonds is 4. The Morgan fingerprint density at radius 1 is 1.56 bits per heavy atom. The first-order chi connectivity index (χ1) is 7.06. The Morgan fingerprint density at radius 2 is 2.19 bits per heavy atom. The molecule has 1 amide bonds. The number of carbonyl (C=O) groups excluding carboxylic acids is 1. The third-order valence-electron chi connectivity index (χ3n) is 1.95. The zero-order valence-corrected chi connectivity index (χ0v) is 13.1. The van der Waals surface area contributed by atoms with Gasteiger partial charge in [0.25, 0.3) is 0 Å². The summed E-state index contributed by atoms with van der Waals surface area (Å²) < 4.78 is 11.8. The molecular formula is C9H10BrFmN2O2S-. The van der Waals surface area contributed by atoms with E-state index in [1.54, 1.807) is 24.6 Å². The van der Waals surface area contributed by atoms with Crippen LogP contribution in [-0.2, 0) is 15.8 Å². The number of hydrogen-bond donors (Lipinski definition) is 2. The fourth-order valence-corrected chi connectivity index (χ4v) is 2.46. The molecular weight excluding hydrogens is 537 g/mol. The molecule has 0 aliphatic rings. The van der Waals surface area contributed by atoms with Crippen LogP contribution in [-0.4, -0.2) is 10.6 Å². The van der Waals surface area contributed by atoms with Crippen LogP contribution in [0.2, 0.25) is 0 Å². The molecule has 0 radical (unpaired) electrons. The summed E-state index contributed by atoms with van der Waals surface area (Å²) in [5.74, 6) is 0. The zero-order chi connectivity index (χ0) is 11.4. The fourth-order valence-electron chi connectivity index (χ4n) is 1.15. The Hall–Kier alpha value is -1.72. The van der Waals surface area contributed by atoms with Crippen molar-refractivity contribution in [1.29, 1.82) is 0 Å². The Bertz CT molecular complexity index is 403. The van der Waals surface area contributed by atoms with E-state index in [1.165, 1.54) is 0 Å². The van der Waals surface area contributed by atoms with Gasteiger partial charge in [-0.2, -0.15) is 6.41 Å².